The second-order valence-corrected chi connectivity index (χ2v) is 10.6. The summed E-state index contributed by atoms with van der Waals surface area (Å²) in [6.45, 7) is 3.28. The molecule has 0 spiro atoms. The van der Waals surface area contributed by atoms with Gasteiger partial charge in [-0.3, -0.25) is 14.1 Å². The number of carbonyl (C=O) groups is 1. The molecule has 5 heterocycles. The van der Waals surface area contributed by atoms with Crippen LogP contribution in [0.25, 0.3) is 16.3 Å². The molecule has 2 amide bonds. The highest BCUT2D eigenvalue weighted by Gasteiger charge is 2.31. The Morgan fingerprint density at radius 1 is 1.10 bits per heavy atom. The standard InChI is InChI=1S/C26H25FN6O5S/c1-30-4-5-32(26(30)37)19-12-16(31-6-8-38-9-7-31)14-33-23(19)29-21(22(35)25(33)36)24-28-13-17(39-24)10-15-2-3-18(27)20(34)11-15/h2-3,11-14,34-35H,4-10H2,1H3. The van der Waals surface area contributed by atoms with Crippen molar-refractivity contribution in [1.29, 1.82) is 0 Å². The number of phenolic OH excluding ortho intramolecular Hbond substituents is 1. The summed E-state index contributed by atoms with van der Waals surface area (Å²) in [5.74, 6) is -1.70. The van der Waals surface area contributed by atoms with E-state index in [0.29, 0.717) is 62.1 Å². The van der Waals surface area contributed by atoms with Crippen LogP contribution in [0.1, 0.15) is 10.4 Å². The van der Waals surface area contributed by atoms with Gasteiger partial charge < -0.3 is 24.7 Å². The Hall–Kier alpha value is -4.23. The number of rotatable bonds is 5. The molecule has 0 unspecified atom stereocenters. The number of carbonyl (C=O) groups excluding carboxylic acids is 1. The second kappa shape index (κ2) is 9.82. The average Bonchev–Trinajstić information content (AvgIpc) is 3.54. The molecule has 2 aliphatic heterocycles. The van der Waals surface area contributed by atoms with E-state index in [4.69, 9.17) is 4.74 Å². The van der Waals surface area contributed by atoms with Crippen LogP contribution in [0.15, 0.2) is 41.5 Å². The van der Waals surface area contributed by atoms with Crippen LogP contribution in [0.4, 0.5) is 20.6 Å². The number of hydrogen-bond donors (Lipinski definition) is 2. The molecule has 3 aromatic heterocycles. The van der Waals surface area contributed by atoms with E-state index in [9.17, 15) is 24.2 Å². The quantitative estimate of drug-likeness (QED) is 0.388. The zero-order valence-electron chi connectivity index (χ0n) is 21.0. The number of ether oxygens (including phenoxy) is 1. The molecule has 0 saturated carbocycles. The first-order chi connectivity index (χ1) is 18.8. The Morgan fingerprint density at radius 2 is 1.90 bits per heavy atom. The number of thiazole rings is 1. The summed E-state index contributed by atoms with van der Waals surface area (Å²) >= 11 is 1.22. The molecule has 0 radical (unpaired) electrons. The summed E-state index contributed by atoms with van der Waals surface area (Å²) < 4.78 is 20.2. The minimum absolute atomic E-state index is 0.0126. The van der Waals surface area contributed by atoms with Gasteiger partial charge in [0, 0.05) is 56.9 Å². The van der Waals surface area contributed by atoms with Gasteiger partial charge in [-0.25, -0.2) is 19.2 Å². The van der Waals surface area contributed by atoms with Crippen LogP contribution in [-0.2, 0) is 11.2 Å². The number of aromatic hydroxyl groups is 2. The Bertz CT molecular complexity index is 1650. The first kappa shape index (κ1) is 25.1. The number of halogens is 1. The van der Waals surface area contributed by atoms with Gasteiger partial charge in [0.05, 0.1) is 24.6 Å². The minimum atomic E-state index is -0.704. The van der Waals surface area contributed by atoms with Crippen LogP contribution in [0.2, 0.25) is 0 Å². The van der Waals surface area contributed by atoms with Gasteiger partial charge in [-0.2, -0.15) is 0 Å². The smallest absolute Gasteiger partial charge is 0.324 e. The molecule has 2 N–H and O–H groups in total. The summed E-state index contributed by atoms with van der Waals surface area (Å²) in [6, 6.07) is 5.73. The van der Waals surface area contributed by atoms with Crippen molar-refractivity contribution in [2.24, 2.45) is 0 Å². The van der Waals surface area contributed by atoms with E-state index in [2.05, 4.69) is 14.9 Å². The van der Waals surface area contributed by atoms with E-state index in [1.54, 1.807) is 35.3 Å². The predicted molar refractivity (Wildman–Crippen MR) is 144 cm³/mol. The third kappa shape index (κ3) is 4.53. The van der Waals surface area contributed by atoms with E-state index in [1.807, 2.05) is 6.07 Å². The maximum Gasteiger partial charge on any atom is 0.324 e. The van der Waals surface area contributed by atoms with Crippen molar-refractivity contribution in [3.05, 3.63) is 63.3 Å². The number of pyridine rings is 1. The van der Waals surface area contributed by atoms with Gasteiger partial charge in [-0.15, -0.1) is 11.3 Å². The number of likely N-dealkylation sites (N-methyl/N-ethyl adjacent to an activating group) is 1. The fraction of sp³-hybridized carbons (Fsp3) is 0.308. The fourth-order valence-electron chi connectivity index (χ4n) is 4.78. The molecule has 1 aromatic carbocycles. The van der Waals surface area contributed by atoms with E-state index >= 15 is 0 Å². The Labute approximate surface area is 225 Å². The number of fused-ring (bicyclic) bond motifs is 1. The largest absolute Gasteiger partial charge is 0.505 e. The number of benzene rings is 1. The number of hydrogen-bond acceptors (Lipinski definition) is 9. The zero-order chi connectivity index (χ0) is 27.3. The highest BCUT2D eigenvalue weighted by Crippen LogP contribution is 2.34. The van der Waals surface area contributed by atoms with Crippen molar-refractivity contribution in [3.63, 3.8) is 0 Å². The third-order valence-electron chi connectivity index (χ3n) is 6.90. The van der Waals surface area contributed by atoms with E-state index in [1.165, 1.54) is 27.9 Å². The van der Waals surface area contributed by atoms with Crippen molar-refractivity contribution < 1.29 is 24.1 Å². The lowest BCUT2D eigenvalue weighted by Crippen LogP contribution is -2.37. The Balaban J connectivity index is 1.45. The number of anilines is 2. The minimum Gasteiger partial charge on any atom is -0.505 e. The number of nitrogens with zero attached hydrogens (tertiary/aromatic N) is 6. The van der Waals surface area contributed by atoms with Gasteiger partial charge in [-0.1, -0.05) is 6.07 Å². The highest BCUT2D eigenvalue weighted by molar-refractivity contribution is 7.15. The molecule has 2 saturated heterocycles. The van der Waals surface area contributed by atoms with E-state index in [0.717, 1.165) is 10.6 Å². The first-order valence-electron chi connectivity index (χ1n) is 12.4. The van der Waals surface area contributed by atoms with Crippen molar-refractivity contribution >= 4 is 34.4 Å². The molecule has 0 aliphatic carbocycles. The molecule has 4 aromatic rings. The number of urea groups is 1. The maximum absolute atomic E-state index is 13.5. The maximum atomic E-state index is 13.5. The topological polar surface area (TPSA) is 124 Å². The number of morpholine rings is 1. The summed E-state index contributed by atoms with van der Waals surface area (Å²) in [4.78, 5) is 41.5. The molecule has 2 fully saturated rings. The second-order valence-electron chi connectivity index (χ2n) is 9.44. The van der Waals surface area contributed by atoms with Crippen LogP contribution in [-0.4, -0.2) is 82.0 Å². The van der Waals surface area contributed by atoms with Crippen LogP contribution >= 0.6 is 11.3 Å². The zero-order valence-corrected chi connectivity index (χ0v) is 21.8. The molecule has 202 valence electrons. The molecule has 0 bridgehead atoms. The summed E-state index contributed by atoms with van der Waals surface area (Å²) in [5, 5.41) is 20.9. The van der Waals surface area contributed by atoms with E-state index < -0.39 is 22.9 Å². The number of amides is 2. The lowest BCUT2D eigenvalue weighted by atomic mass is 10.1. The highest BCUT2D eigenvalue weighted by atomic mass is 32.1. The molecular formula is C26H25FN6O5S. The Kier molecular flexibility index (Phi) is 6.31. The van der Waals surface area contributed by atoms with Gasteiger partial charge in [0.15, 0.2) is 17.2 Å². The van der Waals surface area contributed by atoms with Crippen LogP contribution < -0.4 is 15.4 Å². The van der Waals surface area contributed by atoms with Crippen molar-refractivity contribution in [2.45, 2.75) is 6.42 Å². The van der Waals surface area contributed by atoms with Crippen LogP contribution in [0.5, 0.6) is 11.5 Å². The normalized spacial score (nSPS) is 16.1. The molecule has 2 aliphatic rings. The molecule has 11 nitrogen and oxygen atoms in total. The summed E-state index contributed by atoms with van der Waals surface area (Å²) in [5.41, 5.74) is 1.43. The van der Waals surface area contributed by atoms with Crippen LogP contribution in [0, 0.1) is 5.82 Å². The van der Waals surface area contributed by atoms with Gasteiger partial charge >= 0.3 is 11.6 Å². The predicted octanol–water partition coefficient (Wildman–Crippen LogP) is 2.67. The Morgan fingerprint density at radius 3 is 2.62 bits per heavy atom. The fourth-order valence-corrected chi connectivity index (χ4v) is 5.72. The lowest BCUT2D eigenvalue weighted by molar-refractivity contribution is 0.122. The number of aromatic nitrogens is 3. The summed E-state index contributed by atoms with van der Waals surface area (Å²) in [6.07, 6.45) is 3.58. The lowest BCUT2D eigenvalue weighted by Gasteiger charge is -2.30. The van der Waals surface area contributed by atoms with E-state index in [-0.39, 0.29) is 17.4 Å². The molecule has 13 heteroatoms. The van der Waals surface area contributed by atoms with Gasteiger partial charge in [0.25, 0.3) is 0 Å². The van der Waals surface area contributed by atoms with Gasteiger partial charge in [0.2, 0.25) is 5.75 Å². The number of phenols is 1. The third-order valence-corrected chi connectivity index (χ3v) is 7.90. The van der Waals surface area contributed by atoms with Crippen molar-refractivity contribution in [2.75, 3.05) is 56.2 Å². The van der Waals surface area contributed by atoms with Gasteiger partial charge in [0.1, 0.15) is 10.7 Å². The molecule has 0 atom stereocenters. The van der Waals surface area contributed by atoms with Crippen molar-refractivity contribution in [3.8, 4) is 22.2 Å². The first-order valence-corrected chi connectivity index (χ1v) is 13.2. The molecular weight excluding hydrogens is 527 g/mol. The van der Waals surface area contributed by atoms with Crippen molar-refractivity contribution in [1.82, 2.24) is 19.3 Å². The van der Waals surface area contributed by atoms with Crippen LogP contribution in [0.3, 0.4) is 0 Å². The average molecular weight is 553 g/mol. The molecule has 39 heavy (non-hydrogen) atoms. The summed E-state index contributed by atoms with van der Waals surface area (Å²) in [7, 11) is 1.71. The van der Waals surface area contributed by atoms with Gasteiger partial charge in [-0.05, 0) is 23.8 Å². The monoisotopic (exact) mass is 552 g/mol. The SMILES string of the molecule is CN1CCN(c2cc(N3CCOCC3)cn3c(=O)c(O)c(-c4ncc(Cc5ccc(F)c(O)c5)s4)nc23)C1=O. The molecule has 6 rings (SSSR count).